The van der Waals surface area contributed by atoms with Gasteiger partial charge < -0.3 is 15.3 Å². The molecule has 108 valence electrons. The lowest BCUT2D eigenvalue weighted by Crippen LogP contribution is -2.34. The van der Waals surface area contributed by atoms with Gasteiger partial charge in [-0.2, -0.15) is 0 Å². The van der Waals surface area contributed by atoms with Gasteiger partial charge in [-0.15, -0.1) is 0 Å². The lowest BCUT2D eigenvalue weighted by atomic mass is 9.93. The van der Waals surface area contributed by atoms with Gasteiger partial charge in [-0.25, -0.2) is 9.59 Å². The minimum absolute atomic E-state index is 0.122. The fourth-order valence-corrected chi connectivity index (χ4v) is 2.42. The Kier molecular flexibility index (Phi) is 3.70. The van der Waals surface area contributed by atoms with Gasteiger partial charge in [0.2, 0.25) is 0 Å². The lowest BCUT2D eigenvalue weighted by Gasteiger charge is -2.20. The summed E-state index contributed by atoms with van der Waals surface area (Å²) in [5.74, 6) is -1.04. The summed E-state index contributed by atoms with van der Waals surface area (Å²) in [4.78, 5) is 25.1. The largest absolute Gasteiger partial charge is 0.478 e. The molecule has 20 heavy (non-hydrogen) atoms. The van der Waals surface area contributed by atoms with Crippen molar-refractivity contribution in [3.63, 3.8) is 0 Å². The quantitative estimate of drug-likeness (QED) is 0.872. The maximum absolute atomic E-state index is 12.2. The van der Waals surface area contributed by atoms with Gasteiger partial charge in [0.25, 0.3) is 0 Å². The number of carboxylic acid groups (broad SMARTS) is 1. The summed E-state index contributed by atoms with van der Waals surface area (Å²) in [5, 5.41) is 11.9. The van der Waals surface area contributed by atoms with Gasteiger partial charge in [0.1, 0.15) is 0 Å². The van der Waals surface area contributed by atoms with Crippen molar-refractivity contribution < 1.29 is 14.7 Å². The van der Waals surface area contributed by atoms with Crippen LogP contribution in [0.1, 0.15) is 36.2 Å². The molecule has 2 amide bonds. The Morgan fingerprint density at radius 2 is 2.05 bits per heavy atom. The number of aryl methyl sites for hydroxylation is 1. The van der Waals surface area contributed by atoms with E-state index in [1.54, 1.807) is 23.1 Å². The van der Waals surface area contributed by atoms with Gasteiger partial charge in [-0.1, -0.05) is 25.5 Å². The van der Waals surface area contributed by atoms with Crippen LogP contribution >= 0.6 is 0 Å². The molecule has 0 aromatic heterocycles. The summed E-state index contributed by atoms with van der Waals surface area (Å²) in [7, 11) is 0. The highest BCUT2D eigenvalue weighted by Crippen LogP contribution is 2.29. The first-order valence-electron chi connectivity index (χ1n) is 6.68. The molecule has 0 spiro atoms. The molecule has 0 saturated carbocycles. The van der Waals surface area contributed by atoms with Crippen LogP contribution in [0.15, 0.2) is 18.2 Å². The molecule has 5 nitrogen and oxygen atoms in total. The molecule has 1 fully saturated rings. The predicted molar refractivity (Wildman–Crippen MR) is 77.1 cm³/mol. The van der Waals surface area contributed by atoms with Crippen LogP contribution in [0.2, 0.25) is 0 Å². The molecule has 2 N–H and O–H groups in total. The number of carboxylic acids is 1. The van der Waals surface area contributed by atoms with E-state index in [4.69, 9.17) is 0 Å². The molecule has 5 heteroatoms. The molecule has 0 unspecified atom stereocenters. The normalized spacial score (nSPS) is 17.1. The Balaban J connectivity index is 2.14. The number of benzene rings is 1. The first kappa shape index (κ1) is 14.4. The molecule has 1 aliphatic rings. The number of carbonyl (C=O) groups excluding carboxylic acids is 1. The van der Waals surface area contributed by atoms with Crippen LogP contribution in [-0.4, -0.2) is 35.1 Å². The van der Waals surface area contributed by atoms with Crippen LogP contribution in [0.3, 0.4) is 0 Å². The Morgan fingerprint density at radius 1 is 1.35 bits per heavy atom. The number of nitrogens with zero attached hydrogens (tertiary/aromatic N) is 1. The first-order chi connectivity index (χ1) is 9.28. The number of rotatable bonds is 2. The van der Waals surface area contributed by atoms with E-state index in [0.29, 0.717) is 18.8 Å². The van der Waals surface area contributed by atoms with E-state index < -0.39 is 5.97 Å². The molecule has 0 bridgehead atoms. The topological polar surface area (TPSA) is 69.6 Å². The predicted octanol–water partition coefficient (Wildman–Crippen LogP) is 2.96. The summed E-state index contributed by atoms with van der Waals surface area (Å²) in [6, 6.07) is 4.75. The molecule has 0 radical (unpaired) electrons. The van der Waals surface area contributed by atoms with Crippen LogP contribution in [0.25, 0.3) is 0 Å². The SMILES string of the molecule is Cc1ccc(NC(=O)N2CCC(C)(C)C2)c(C(=O)O)c1. The molecule has 0 aliphatic carbocycles. The number of hydrogen-bond acceptors (Lipinski definition) is 2. The van der Waals surface area contributed by atoms with Gasteiger partial charge in [-0.3, -0.25) is 0 Å². The van der Waals surface area contributed by atoms with Crippen molar-refractivity contribution in [1.82, 2.24) is 4.90 Å². The zero-order chi connectivity index (χ0) is 14.9. The average molecular weight is 276 g/mol. The van der Waals surface area contributed by atoms with Crippen LogP contribution in [0.5, 0.6) is 0 Å². The van der Waals surface area contributed by atoms with Crippen molar-refractivity contribution in [2.45, 2.75) is 27.2 Å². The molecule has 1 heterocycles. The monoisotopic (exact) mass is 276 g/mol. The Bertz CT molecular complexity index is 552. The fraction of sp³-hybridized carbons (Fsp3) is 0.467. The number of carbonyl (C=O) groups is 2. The van der Waals surface area contributed by atoms with Crippen LogP contribution in [0.4, 0.5) is 10.5 Å². The summed E-state index contributed by atoms with van der Waals surface area (Å²) in [6.45, 7) is 7.45. The molecule has 1 aromatic carbocycles. The van der Waals surface area contributed by atoms with E-state index in [0.717, 1.165) is 12.0 Å². The van der Waals surface area contributed by atoms with Crippen LogP contribution < -0.4 is 5.32 Å². The van der Waals surface area contributed by atoms with Crippen molar-refractivity contribution in [2.24, 2.45) is 5.41 Å². The zero-order valence-corrected chi connectivity index (χ0v) is 12.1. The van der Waals surface area contributed by atoms with Gasteiger partial charge in [0, 0.05) is 13.1 Å². The highest BCUT2D eigenvalue weighted by Gasteiger charge is 2.32. The van der Waals surface area contributed by atoms with Crippen molar-refractivity contribution >= 4 is 17.7 Å². The minimum atomic E-state index is -1.04. The van der Waals surface area contributed by atoms with E-state index in [9.17, 15) is 14.7 Å². The summed E-state index contributed by atoms with van der Waals surface area (Å²) < 4.78 is 0. The summed E-state index contributed by atoms with van der Waals surface area (Å²) >= 11 is 0. The third-order valence-corrected chi connectivity index (χ3v) is 3.61. The third kappa shape index (κ3) is 3.10. The molecular formula is C15H20N2O3. The maximum atomic E-state index is 12.2. The van der Waals surface area contributed by atoms with E-state index in [-0.39, 0.29) is 17.0 Å². The number of amides is 2. The Hall–Kier alpha value is -2.04. The Morgan fingerprint density at radius 3 is 2.60 bits per heavy atom. The van der Waals surface area contributed by atoms with Crippen LogP contribution in [0, 0.1) is 12.3 Å². The number of likely N-dealkylation sites (tertiary alicyclic amines) is 1. The molecule has 0 atom stereocenters. The van der Waals surface area contributed by atoms with Gasteiger partial charge in [0.15, 0.2) is 0 Å². The van der Waals surface area contributed by atoms with E-state index in [1.807, 2.05) is 6.92 Å². The number of nitrogens with one attached hydrogen (secondary N) is 1. The Labute approximate surface area is 118 Å². The van der Waals surface area contributed by atoms with Gasteiger partial charge in [0.05, 0.1) is 11.3 Å². The molecule has 2 rings (SSSR count). The van der Waals surface area contributed by atoms with E-state index in [1.165, 1.54) is 0 Å². The van der Waals surface area contributed by atoms with E-state index in [2.05, 4.69) is 19.2 Å². The van der Waals surface area contributed by atoms with Gasteiger partial charge in [-0.05, 0) is 30.9 Å². The number of anilines is 1. The maximum Gasteiger partial charge on any atom is 0.337 e. The van der Waals surface area contributed by atoms with Crippen molar-refractivity contribution in [2.75, 3.05) is 18.4 Å². The second-order valence-electron chi connectivity index (χ2n) is 6.12. The first-order valence-corrected chi connectivity index (χ1v) is 6.68. The lowest BCUT2D eigenvalue weighted by molar-refractivity contribution is 0.0698. The van der Waals surface area contributed by atoms with Crippen molar-refractivity contribution in [1.29, 1.82) is 0 Å². The van der Waals surface area contributed by atoms with Crippen molar-refractivity contribution in [3.05, 3.63) is 29.3 Å². The fourth-order valence-electron chi connectivity index (χ4n) is 2.42. The summed E-state index contributed by atoms with van der Waals surface area (Å²) in [6.07, 6.45) is 0.958. The molecule has 1 saturated heterocycles. The number of hydrogen-bond donors (Lipinski definition) is 2. The zero-order valence-electron chi connectivity index (χ0n) is 12.1. The molecule has 1 aliphatic heterocycles. The highest BCUT2D eigenvalue weighted by molar-refractivity contribution is 6.00. The van der Waals surface area contributed by atoms with Crippen LogP contribution in [-0.2, 0) is 0 Å². The molecule has 1 aromatic rings. The standard InChI is InChI=1S/C15H20N2O3/c1-10-4-5-12(11(8-10)13(18)19)16-14(20)17-7-6-15(2,3)9-17/h4-5,8H,6-7,9H2,1-3H3,(H,16,20)(H,18,19). The second-order valence-corrected chi connectivity index (χ2v) is 6.12. The van der Waals surface area contributed by atoms with E-state index >= 15 is 0 Å². The summed E-state index contributed by atoms with van der Waals surface area (Å²) in [5.41, 5.74) is 1.44. The smallest absolute Gasteiger partial charge is 0.337 e. The average Bonchev–Trinajstić information content (AvgIpc) is 2.71. The van der Waals surface area contributed by atoms with Crippen molar-refractivity contribution in [3.8, 4) is 0 Å². The minimum Gasteiger partial charge on any atom is -0.478 e. The highest BCUT2D eigenvalue weighted by atomic mass is 16.4. The van der Waals surface area contributed by atoms with Gasteiger partial charge >= 0.3 is 12.0 Å². The number of urea groups is 1. The number of aromatic carboxylic acids is 1. The molecular weight excluding hydrogens is 256 g/mol. The second kappa shape index (κ2) is 5.15. The third-order valence-electron chi connectivity index (χ3n) is 3.61.